The molecular weight excluding hydrogens is 534 g/mol. The van der Waals surface area contributed by atoms with Crippen LogP contribution in [0.5, 0.6) is 0 Å². The summed E-state index contributed by atoms with van der Waals surface area (Å²) >= 11 is 3.95. The summed E-state index contributed by atoms with van der Waals surface area (Å²) in [5.41, 5.74) is 12.0. The fourth-order valence-corrected chi connectivity index (χ4v) is 6.03. The summed E-state index contributed by atoms with van der Waals surface area (Å²) in [4.78, 5) is 20.4. The van der Waals surface area contributed by atoms with E-state index in [1.165, 1.54) is 10.8 Å². The molecule has 0 amide bonds. The van der Waals surface area contributed by atoms with Gasteiger partial charge in [0, 0.05) is 44.0 Å². The average molecular weight is 554 g/mol. The highest BCUT2D eigenvalue weighted by molar-refractivity contribution is 9.10. The Morgan fingerprint density at radius 3 is 1.89 bits per heavy atom. The third kappa shape index (κ3) is 3.45. The molecule has 0 saturated carbocycles. The number of rotatable bonds is 1. The van der Waals surface area contributed by atoms with E-state index in [4.69, 9.17) is 9.97 Å². The fraction of sp³-hybridized carbons (Fsp3) is 0. The van der Waals surface area contributed by atoms with Gasteiger partial charge >= 0.3 is 0 Å². The molecule has 0 aliphatic carbocycles. The Hall–Kier alpha value is -4.68. The van der Waals surface area contributed by atoms with Gasteiger partial charge in [0.25, 0.3) is 0 Å². The maximum Gasteiger partial charge on any atom is 0.0658 e. The first-order valence-electron chi connectivity index (χ1n) is 12.4. The Morgan fingerprint density at radius 1 is 0.526 bits per heavy atom. The minimum atomic E-state index is 0.888. The summed E-state index contributed by atoms with van der Waals surface area (Å²) in [6, 6.07) is 27.3. The summed E-state index contributed by atoms with van der Waals surface area (Å²) in [5.74, 6) is 0. The van der Waals surface area contributed by atoms with Gasteiger partial charge in [-0.15, -0.1) is 0 Å². The van der Waals surface area contributed by atoms with Crippen LogP contribution < -0.4 is 0 Å². The van der Waals surface area contributed by atoms with E-state index >= 15 is 0 Å². The van der Waals surface area contributed by atoms with Crippen molar-refractivity contribution in [3.63, 3.8) is 0 Å². The summed E-state index contributed by atoms with van der Waals surface area (Å²) in [6.45, 7) is 0. The minimum absolute atomic E-state index is 0.888. The zero-order valence-corrected chi connectivity index (χ0v) is 21.7. The van der Waals surface area contributed by atoms with E-state index in [1.54, 1.807) is 0 Å². The number of benzene rings is 2. The number of H-pyrrole nitrogens is 3. The molecule has 6 heteroatoms. The topological polar surface area (TPSA) is 73.2 Å². The quantitative estimate of drug-likeness (QED) is 0.190. The van der Waals surface area contributed by atoms with E-state index in [9.17, 15) is 0 Å². The van der Waals surface area contributed by atoms with Crippen molar-refractivity contribution in [1.29, 1.82) is 0 Å². The first kappa shape index (κ1) is 21.4. The van der Waals surface area contributed by atoms with E-state index in [1.807, 2.05) is 18.2 Å². The van der Waals surface area contributed by atoms with E-state index in [0.717, 1.165) is 71.5 Å². The summed E-state index contributed by atoms with van der Waals surface area (Å²) in [7, 11) is 0. The molecule has 6 heterocycles. The molecule has 3 N–H and O–H groups in total. The monoisotopic (exact) mass is 553 g/mol. The van der Waals surface area contributed by atoms with Crippen molar-refractivity contribution in [2.45, 2.75) is 0 Å². The molecule has 0 radical (unpaired) electrons. The number of aromatic nitrogens is 5. The van der Waals surface area contributed by atoms with E-state index in [2.05, 4.69) is 116 Å². The highest BCUT2D eigenvalue weighted by Crippen LogP contribution is 2.41. The van der Waals surface area contributed by atoms with Gasteiger partial charge in [0.1, 0.15) is 0 Å². The lowest BCUT2D eigenvalue weighted by molar-refractivity contribution is 1.31. The fourth-order valence-electron chi connectivity index (χ4n) is 5.39. The second-order valence-corrected chi connectivity index (χ2v) is 10.4. The molecule has 38 heavy (non-hydrogen) atoms. The van der Waals surface area contributed by atoms with Gasteiger partial charge in [-0.05, 0) is 82.7 Å². The van der Waals surface area contributed by atoms with E-state index in [-0.39, 0.29) is 0 Å². The van der Waals surface area contributed by atoms with Crippen molar-refractivity contribution < 1.29 is 0 Å². The summed E-state index contributed by atoms with van der Waals surface area (Å²) < 4.78 is 0.986. The molecule has 2 aromatic carbocycles. The normalized spacial score (nSPS) is 12.7. The van der Waals surface area contributed by atoms with Crippen molar-refractivity contribution in [3.05, 3.63) is 106 Å². The number of nitrogens with zero attached hydrogens (tertiary/aromatic N) is 2. The van der Waals surface area contributed by atoms with Gasteiger partial charge in [-0.2, -0.15) is 0 Å². The largest absolute Gasteiger partial charge is 0.355 e. The standard InChI is InChI=1S/C32H20BrN5/c33-31-29-17-23-13-11-21(36-23)15-19-9-8-18(34-19)14-20-10-12-22(35-20)16-28(37-29)30(31)26-6-3-5-25-24-4-1-2-7-27(24)38-32(25)26/h1-17,34,37-38H. The lowest BCUT2D eigenvalue weighted by Gasteiger charge is -2.04. The molecule has 4 aromatic heterocycles. The van der Waals surface area contributed by atoms with Crippen molar-refractivity contribution in [2.75, 3.05) is 0 Å². The van der Waals surface area contributed by atoms with Crippen molar-refractivity contribution >= 4 is 84.1 Å². The molecule has 8 rings (SSSR count). The van der Waals surface area contributed by atoms with Gasteiger partial charge < -0.3 is 15.0 Å². The van der Waals surface area contributed by atoms with Gasteiger partial charge in [0.15, 0.2) is 0 Å². The molecular formula is C32H20BrN5. The predicted octanol–water partition coefficient (Wildman–Crippen LogP) is 8.72. The summed E-state index contributed by atoms with van der Waals surface area (Å²) in [6.07, 6.45) is 8.17. The molecule has 6 aromatic rings. The molecule has 180 valence electrons. The molecule has 0 unspecified atom stereocenters. The second-order valence-electron chi connectivity index (χ2n) is 9.58. The first-order valence-corrected chi connectivity index (χ1v) is 13.2. The number of para-hydroxylation sites is 2. The third-order valence-corrected chi connectivity index (χ3v) is 7.92. The molecule has 0 fully saturated rings. The number of hydrogen-bond acceptors (Lipinski definition) is 2. The molecule has 0 atom stereocenters. The van der Waals surface area contributed by atoms with Crippen LogP contribution in [0.1, 0.15) is 22.8 Å². The first-order chi connectivity index (χ1) is 18.7. The van der Waals surface area contributed by atoms with Crippen LogP contribution in [0.3, 0.4) is 0 Å². The Kier molecular flexibility index (Phi) is 4.60. The highest BCUT2D eigenvalue weighted by Gasteiger charge is 2.17. The number of nitrogens with one attached hydrogen (secondary N) is 3. The van der Waals surface area contributed by atoms with Gasteiger partial charge in [-0.25, -0.2) is 9.97 Å². The number of aromatic amines is 3. The predicted molar refractivity (Wildman–Crippen MR) is 161 cm³/mol. The van der Waals surface area contributed by atoms with E-state index in [0.29, 0.717) is 0 Å². The molecule has 2 aliphatic rings. The smallest absolute Gasteiger partial charge is 0.0658 e. The SMILES string of the molecule is Brc1c(-c2cccc3c2[nH]c2ccccc23)c2cc3nc(cc4ccc(cc5nc(cc1[nH]2)C=C5)[nH]4)C=C3. The minimum Gasteiger partial charge on any atom is -0.355 e. The molecule has 2 aliphatic heterocycles. The molecule has 5 nitrogen and oxygen atoms in total. The van der Waals surface area contributed by atoms with Gasteiger partial charge in [-0.1, -0.05) is 36.4 Å². The van der Waals surface area contributed by atoms with E-state index < -0.39 is 0 Å². The van der Waals surface area contributed by atoms with Crippen molar-refractivity contribution in [3.8, 4) is 11.1 Å². The summed E-state index contributed by atoms with van der Waals surface area (Å²) in [5, 5.41) is 2.42. The Bertz CT molecular complexity index is 2160. The molecule has 0 spiro atoms. The van der Waals surface area contributed by atoms with Crippen LogP contribution in [0, 0.1) is 0 Å². The van der Waals surface area contributed by atoms with Gasteiger partial charge in [0.2, 0.25) is 0 Å². The third-order valence-electron chi connectivity index (χ3n) is 7.09. The Morgan fingerprint density at radius 2 is 1.16 bits per heavy atom. The van der Waals surface area contributed by atoms with Crippen LogP contribution in [-0.4, -0.2) is 24.9 Å². The van der Waals surface area contributed by atoms with Gasteiger partial charge in [-0.3, -0.25) is 0 Å². The number of halogens is 1. The van der Waals surface area contributed by atoms with Crippen LogP contribution in [-0.2, 0) is 0 Å². The van der Waals surface area contributed by atoms with Crippen LogP contribution in [0.25, 0.3) is 79.3 Å². The van der Waals surface area contributed by atoms with Crippen LogP contribution >= 0.6 is 15.9 Å². The van der Waals surface area contributed by atoms with Crippen molar-refractivity contribution in [2.24, 2.45) is 0 Å². The van der Waals surface area contributed by atoms with Crippen LogP contribution in [0.15, 0.2) is 83.3 Å². The zero-order chi connectivity index (χ0) is 25.2. The Labute approximate surface area is 225 Å². The molecule has 0 saturated heterocycles. The van der Waals surface area contributed by atoms with Crippen molar-refractivity contribution in [1.82, 2.24) is 24.9 Å². The highest BCUT2D eigenvalue weighted by atomic mass is 79.9. The number of hydrogen-bond donors (Lipinski definition) is 3. The lowest BCUT2D eigenvalue weighted by Crippen LogP contribution is -1.81. The van der Waals surface area contributed by atoms with Crippen LogP contribution in [0.2, 0.25) is 0 Å². The average Bonchev–Trinajstić information content (AvgIpc) is 3.74. The van der Waals surface area contributed by atoms with Crippen LogP contribution in [0.4, 0.5) is 0 Å². The molecule has 8 bridgehead atoms. The number of fused-ring (bicyclic) bond motifs is 11. The maximum atomic E-state index is 4.87. The maximum absolute atomic E-state index is 4.87. The lowest BCUT2D eigenvalue weighted by atomic mass is 10.0. The van der Waals surface area contributed by atoms with Gasteiger partial charge in [0.05, 0.1) is 38.3 Å². The zero-order valence-electron chi connectivity index (χ0n) is 20.1. The second kappa shape index (κ2) is 8.16. The Balaban J connectivity index is 1.48.